The van der Waals surface area contributed by atoms with Crippen LogP contribution >= 0.6 is 0 Å². The first-order valence-electron chi connectivity index (χ1n) is 12.0. The summed E-state index contributed by atoms with van der Waals surface area (Å²) in [4.78, 5) is 24.0. The van der Waals surface area contributed by atoms with Crippen molar-refractivity contribution in [1.29, 1.82) is 0 Å². The first-order chi connectivity index (χ1) is 18.2. The van der Waals surface area contributed by atoms with Crippen LogP contribution in [0.2, 0.25) is 0 Å². The summed E-state index contributed by atoms with van der Waals surface area (Å²) in [5.41, 5.74) is -4.13. The average Bonchev–Trinajstić information content (AvgIpc) is 2.80. The molecule has 0 aromatic heterocycles. The molecule has 3 amide bonds. The van der Waals surface area contributed by atoms with E-state index in [9.17, 15) is 40.7 Å². The molecule has 1 heterocycles. The SMILES string of the molecule is CC(C)(C)NC(=O)NC[C@H]1CN(S(=O)(=O)c2ccc(F)cc2)c2cc(N(C(=O)O)C(C)(C)C(F)(F)F)ccc2O1. The summed E-state index contributed by atoms with van der Waals surface area (Å²) in [5, 5.41) is 14.9. The van der Waals surface area contributed by atoms with Gasteiger partial charge in [0.2, 0.25) is 0 Å². The third-order valence-corrected chi connectivity index (χ3v) is 7.75. The van der Waals surface area contributed by atoms with Gasteiger partial charge in [0.15, 0.2) is 0 Å². The number of benzene rings is 2. The van der Waals surface area contributed by atoms with E-state index in [1.165, 1.54) is 0 Å². The number of anilines is 2. The molecule has 1 aliphatic rings. The molecule has 0 bridgehead atoms. The Balaban J connectivity index is 2.08. The lowest BCUT2D eigenvalue weighted by Gasteiger charge is -2.39. The number of carbonyl (C=O) groups is 2. The zero-order valence-corrected chi connectivity index (χ0v) is 23.2. The van der Waals surface area contributed by atoms with Crippen LogP contribution in [0.4, 0.5) is 38.5 Å². The molecule has 0 radical (unpaired) electrons. The fourth-order valence-corrected chi connectivity index (χ4v) is 5.40. The van der Waals surface area contributed by atoms with Gasteiger partial charge in [-0.3, -0.25) is 9.21 Å². The standard InChI is InChI=1S/C25H30F4N4O6S/c1-23(2,3)31-21(34)30-13-17-14-32(40(37,38)18-9-6-15(26)7-10-18)19-12-16(8-11-20(19)39-17)33(22(35)36)24(4,5)25(27,28)29/h6-12,17H,13-14H2,1-5H3,(H,35,36)(H2,30,31,34)/t17-/m0/s1. The highest BCUT2D eigenvalue weighted by Gasteiger charge is 2.54. The van der Waals surface area contributed by atoms with Gasteiger partial charge in [0, 0.05) is 5.54 Å². The maximum absolute atomic E-state index is 13.8. The highest BCUT2D eigenvalue weighted by Crippen LogP contribution is 2.43. The number of nitrogens with one attached hydrogen (secondary N) is 2. The minimum Gasteiger partial charge on any atom is -0.484 e. The third kappa shape index (κ3) is 6.51. The Bertz CT molecular complexity index is 1380. The number of alkyl halides is 3. The predicted octanol–water partition coefficient (Wildman–Crippen LogP) is 4.71. The van der Waals surface area contributed by atoms with Gasteiger partial charge in [0.1, 0.15) is 23.2 Å². The van der Waals surface area contributed by atoms with Crippen LogP contribution in [0.3, 0.4) is 0 Å². The monoisotopic (exact) mass is 590 g/mol. The van der Waals surface area contributed by atoms with Gasteiger partial charge in [0.05, 0.1) is 29.4 Å². The quantitative estimate of drug-likeness (QED) is 0.419. The zero-order chi connectivity index (χ0) is 30.3. The smallest absolute Gasteiger partial charge is 0.412 e. The van der Waals surface area contributed by atoms with Crippen LogP contribution in [-0.2, 0) is 10.0 Å². The topological polar surface area (TPSA) is 128 Å². The van der Waals surface area contributed by atoms with Crippen molar-refractivity contribution in [2.45, 2.75) is 62.9 Å². The van der Waals surface area contributed by atoms with Crippen molar-refractivity contribution in [3.63, 3.8) is 0 Å². The Hall–Kier alpha value is -3.75. The minimum absolute atomic E-state index is 0.0838. The van der Waals surface area contributed by atoms with Crippen molar-refractivity contribution >= 4 is 33.5 Å². The number of carboxylic acid groups (broad SMARTS) is 1. The van der Waals surface area contributed by atoms with E-state index in [4.69, 9.17) is 4.74 Å². The predicted molar refractivity (Wildman–Crippen MR) is 139 cm³/mol. The lowest BCUT2D eigenvalue weighted by Crippen LogP contribution is -2.57. The molecule has 1 aliphatic heterocycles. The first kappa shape index (κ1) is 30.8. The van der Waals surface area contributed by atoms with E-state index in [2.05, 4.69) is 10.6 Å². The summed E-state index contributed by atoms with van der Waals surface area (Å²) >= 11 is 0. The molecule has 1 atom stereocenters. The molecular formula is C25H30F4N4O6S. The fourth-order valence-electron chi connectivity index (χ4n) is 3.90. The third-order valence-electron chi connectivity index (χ3n) is 5.96. The van der Waals surface area contributed by atoms with E-state index in [0.29, 0.717) is 13.8 Å². The lowest BCUT2D eigenvalue weighted by molar-refractivity contribution is -0.175. The molecule has 3 rings (SSSR count). The number of halogens is 4. The molecule has 0 saturated heterocycles. The van der Waals surface area contributed by atoms with Gasteiger partial charge in [-0.15, -0.1) is 0 Å². The van der Waals surface area contributed by atoms with E-state index in [0.717, 1.165) is 46.8 Å². The number of ether oxygens (including phenoxy) is 1. The molecular weight excluding hydrogens is 560 g/mol. The van der Waals surface area contributed by atoms with Gasteiger partial charge in [-0.1, -0.05) is 0 Å². The maximum atomic E-state index is 13.8. The maximum Gasteiger partial charge on any atom is 0.412 e. The highest BCUT2D eigenvalue weighted by atomic mass is 32.2. The number of hydrogen-bond acceptors (Lipinski definition) is 5. The van der Waals surface area contributed by atoms with Crippen molar-refractivity contribution in [3.8, 4) is 5.75 Å². The molecule has 10 nitrogen and oxygen atoms in total. The number of urea groups is 1. The molecule has 40 heavy (non-hydrogen) atoms. The molecule has 0 spiro atoms. The molecule has 0 aliphatic carbocycles. The van der Waals surface area contributed by atoms with E-state index in [1.807, 2.05) is 0 Å². The van der Waals surface area contributed by atoms with Crippen LogP contribution in [0, 0.1) is 5.82 Å². The van der Waals surface area contributed by atoms with Crippen LogP contribution < -0.4 is 24.6 Å². The summed E-state index contributed by atoms with van der Waals surface area (Å²) in [6.07, 6.45) is -7.83. The van der Waals surface area contributed by atoms with Gasteiger partial charge < -0.3 is 20.5 Å². The Morgan fingerprint density at radius 1 is 1.07 bits per heavy atom. The number of rotatable bonds is 6. The van der Waals surface area contributed by atoms with Crippen molar-refractivity contribution in [2.75, 3.05) is 22.3 Å². The fraction of sp³-hybridized carbons (Fsp3) is 0.440. The number of fused-ring (bicyclic) bond motifs is 1. The van der Waals surface area contributed by atoms with Crippen LogP contribution in [0.1, 0.15) is 34.6 Å². The molecule has 15 heteroatoms. The number of hydrogen-bond donors (Lipinski definition) is 3. The van der Waals surface area contributed by atoms with Crippen molar-refractivity contribution in [3.05, 3.63) is 48.3 Å². The van der Waals surface area contributed by atoms with Crippen LogP contribution in [0.25, 0.3) is 0 Å². The summed E-state index contributed by atoms with van der Waals surface area (Å²) in [7, 11) is -4.45. The van der Waals surface area contributed by atoms with E-state index >= 15 is 0 Å². The minimum atomic E-state index is -4.97. The highest BCUT2D eigenvalue weighted by molar-refractivity contribution is 7.92. The first-order valence-corrected chi connectivity index (χ1v) is 13.4. The Labute approximate surface area is 229 Å². The second kappa shape index (κ2) is 10.7. The van der Waals surface area contributed by atoms with Gasteiger partial charge in [-0.25, -0.2) is 22.4 Å². The normalized spacial score (nSPS) is 16.0. The van der Waals surface area contributed by atoms with Gasteiger partial charge >= 0.3 is 18.3 Å². The summed E-state index contributed by atoms with van der Waals surface area (Å²) in [6.45, 7) is 6.07. The lowest BCUT2D eigenvalue weighted by atomic mass is 10.0. The molecule has 2 aromatic carbocycles. The largest absolute Gasteiger partial charge is 0.484 e. The van der Waals surface area contributed by atoms with Gasteiger partial charge in [0.25, 0.3) is 10.0 Å². The Morgan fingerprint density at radius 3 is 2.20 bits per heavy atom. The second-order valence-electron chi connectivity index (χ2n) is 10.6. The molecule has 3 N–H and O–H groups in total. The summed E-state index contributed by atoms with van der Waals surface area (Å²) in [6, 6.07) is 6.53. The molecule has 0 unspecified atom stereocenters. The van der Waals surface area contributed by atoms with E-state index < -0.39 is 63.6 Å². The summed E-state index contributed by atoms with van der Waals surface area (Å²) < 4.78 is 88.8. The molecule has 0 fully saturated rings. The van der Waals surface area contributed by atoms with Crippen LogP contribution in [0.5, 0.6) is 5.75 Å². The molecule has 0 saturated carbocycles. The summed E-state index contributed by atoms with van der Waals surface area (Å²) in [5.74, 6) is -0.777. The molecule has 2 aromatic rings. The number of nitrogens with zero attached hydrogens (tertiary/aromatic N) is 2. The van der Waals surface area contributed by atoms with Gasteiger partial charge in [-0.2, -0.15) is 13.2 Å². The number of amides is 3. The van der Waals surface area contributed by atoms with Crippen molar-refractivity contribution in [2.24, 2.45) is 0 Å². The Morgan fingerprint density at radius 2 is 1.68 bits per heavy atom. The van der Waals surface area contributed by atoms with Crippen LogP contribution in [0.15, 0.2) is 47.4 Å². The number of carbonyl (C=O) groups excluding carboxylic acids is 1. The van der Waals surface area contributed by atoms with E-state index in [-0.39, 0.29) is 27.8 Å². The van der Waals surface area contributed by atoms with Crippen molar-refractivity contribution < 1.29 is 45.4 Å². The number of sulfonamides is 1. The van der Waals surface area contributed by atoms with E-state index in [1.54, 1.807) is 20.8 Å². The average molecular weight is 591 g/mol. The van der Waals surface area contributed by atoms with Crippen molar-refractivity contribution in [1.82, 2.24) is 10.6 Å². The second-order valence-corrected chi connectivity index (χ2v) is 12.5. The molecule has 220 valence electrons. The zero-order valence-electron chi connectivity index (χ0n) is 22.3. The van der Waals surface area contributed by atoms with Gasteiger partial charge in [-0.05, 0) is 77.1 Å². The van der Waals surface area contributed by atoms with Crippen LogP contribution in [-0.4, -0.2) is 62.1 Å². The Kier molecular flexibility index (Phi) is 8.21.